The van der Waals surface area contributed by atoms with Crippen LogP contribution in [0.15, 0.2) is 30.3 Å². The predicted molar refractivity (Wildman–Crippen MR) is 87.2 cm³/mol. The lowest BCUT2D eigenvalue weighted by atomic mass is 9.87. The van der Waals surface area contributed by atoms with Gasteiger partial charge in [-0.15, -0.1) is 0 Å². The van der Waals surface area contributed by atoms with Crippen molar-refractivity contribution in [3.8, 4) is 0 Å². The second-order valence-electron chi connectivity index (χ2n) is 6.86. The molecule has 2 atom stereocenters. The fraction of sp³-hybridized carbons (Fsp3) is 0.667. The maximum atomic E-state index is 5.20. The van der Waals surface area contributed by atoms with Crippen LogP contribution in [0.3, 0.4) is 0 Å². The molecule has 0 amide bonds. The first-order valence-corrected chi connectivity index (χ1v) is 7.71. The van der Waals surface area contributed by atoms with Crippen LogP contribution in [0.5, 0.6) is 0 Å². The summed E-state index contributed by atoms with van der Waals surface area (Å²) < 4.78 is 5.20. The van der Waals surface area contributed by atoms with Crippen molar-refractivity contribution in [2.24, 2.45) is 5.92 Å². The van der Waals surface area contributed by atoms with Crippen molar-refractivity contribution in [3.05, 3.63) is 35.9 Å². The SMILES string of the molecule is COCCC(C)CC(CNC(C)(C)C)c1ccccc1. The Labute approximate surface area is 124 Å². The first-order valence-electron chi connectivity index (χ1n) is 7.71. The summed E-state index contributed by atoms with van der Waals surface area (Å²) in [7, 11) is 1.78. The summed E-state index contributed by atoms with van der Waals surface area (Å²) in [6, 6.07) is 10.9. The molecule has 0 aliphatic carbocycles. The molecule has 0 saturated carbocycles. The molecule has 0 fully saturated rings. The Hall–Kier alpha value is -0.860. The van der Waals surface area contributed by atoms with Crippen molar-refractivity contribution >= 4 is 0 Å². The molecule has 20 heavy (non-hydrogen) atoms. The highest BCUT2D eigenvalue weighted by Crippen LogP contribution is 2.25. The van der Waals surface area contributed by atoms with Gasteiger partial charge in [0.25, 0.3) is 0 Å². The molecule has 1 rings (SSSR count). The van der Waals surface area contributed by atoms with Crippen molar-refractivity contribution in [2.45, 2.75) is 52.0 Å². The molecule has 1 N–H and O–H groups in total. The molecule has 2 nitrogen and oxygen atoms in total. The summed E-state index contributed by atoms with van der Waals surface area (Å²) in [4.78, 5) is 0. The first-order chi connectivity index (χ1) is 9.42. The van der Waals surface area contributed by atoms with Gasteiger partial charge in [-0.25, -0.2) is 0 Å². The average molecular weight is 277 g/mol. The van der Waals surface area contributed by atoms with Crippen molar-refractivity contribution in [1.29, 1.82) is 0 Å². The lowest BCUT2D eigenvalue weighted by Crippen LogP contribution is -2.38. The van der Waals surface area contributed by atoms with E-state index in [1.807, 2.05) is 0 Å². The van der Waals surface area contributed by atoms with Crippen LogP contribution >= 0.6 is 0 Å². The Morgan fingerprint density at radius 2 is 1.80 bits per heavy atom. The topological polar surface area (TPSA) is 21.3 Å². The molecule has 0 heterocycles. The highest BCUT2D eigenvalue weighted by atomic mass is 16.5. The molecule has 0 aromatic heterocycles. The van der Waals surface area contributed by atoms with E-state index in [0.717, 1.165) is 19.6 Å². The van der Waals surface area contributed by atoms with Crippen LogP contribution in [-0.4, -0.2) is 25.8 Å². The largest absolute Gasteiger partial charge is 0.385 e. The molecule has 0 radical (unpaired) electrons. The van der Waals surface area contributed by atoms with Gasteiger partial charge < -0.3 is 10.1 Å². The van der Waals surface area contributed by atoms with E-state index in [0.29, 0.717) is 11.8 Å². The maximum Gasteiger partial charge on any atom is 0.0464 e. The minimum absolute atomic E-state index is 0.169. The predicted octanol–water partition coefficient (Wildman–Crippen LogP) is 4.22. The van der Waals surface area contributed by atoms with E-state index in [-0.39, 0.29) is 5.54 Å². The van der Waals surface area contributed by atoms with Crippen molar-refractivity contribution < 1.29 is 4.74 Å². The Morgan fingerprint density at radius 3 is 2.35 bits per heavy atom. The van der Waals surface area contributed by atoms with E-state index in [1.54, 1.807) is 7.11 Å². The quantitative estimate of drug-likeness (QED) is 0.768. The van der Waals surface area contributed by atoms with Gasteiger partial charge in [-0.05, 0) is 51.0 Å². The molecular weight excluding hydrogens is 246 g/mol. The molecule has 0 bridgehead atoms. The highest BCUT2D eigenvalue weighted by molar-refractivity contribution is 5.20. The van der Waals surface area contributed by atoms with Gasteiger partial charge in [-0.1, -0.05) is 37.3 Å². The highest BCUT2D eigenvalue weighted by Gasteiger charge is 2.18. The summed E-state index contributed by atoms with van der Waals surface area (Å²) in [5.74, 6) is 1.25. The van der Waals surface area contributed by atoms with Gasteiger partial charge in [0.1, 0.15) is 0 Å². The Bertz CT molecular complexity index is 355. The number of nitrogens with one attached hydrogen (secondary N) is 1. The van der Waals surface area contributed by atoms with Crippen LogP contribution < -0.4 is 5.32 Å². The summed E-state index contributed by atoms with van der Waals surface area (Å²) in [6.45, 7) is 10.9. The second-order valence-corrected chi connectivity index (χ2v) is 6.86. The third-order valence-corrected chi connectivity index (χ3v) is 3.65. The summed E-state index contributed by atoms with van der Waals surface area (Å²) >= 11 is 0. The van der Waals surface area contributed by atoms with Gasteiger partial charge >= 0.3 is 0 Å². The monoisotopic (exact) mass is 277 g/mol. The van der Waals surface area contributed by atoms with Crippen LogP contribution in [0.4, 0.5) is 0 Å². The molecule has 0 aliphatic rings. The van der Waals surface area contributed by atoms with Gasteiger partial charge in [-0.3, -0.25) is 0 Å². The molecule has 0 aliphatic heterocycles. The number of ether oxygens (including phenoxy) is 1. The molecule has 1 aromatic carbocycles. The van der Waals surface area contributed by atoms with Crippen LogP contribution in [-0.2, 0) is 4.74 Å². The van der Waals surface area contributed by atoms with Crippen LogP contribution in [0.1, 0.15) is 52.0 Å². The van der Waals surface area contributed by atoms with E-state index < -0.39 is 0 Å². The van der Waals surface area contributed by atoms with Crippen LogP contribution in [0, 0.1) is 5.92 Å². The van der Waals surface area contributed by atoms with Gasteiger partial charge in [0.05, 0.1) is 0 Å². The number of rotatable bonds is 8. The summed E-state index contributed by atoms with van der Waals surface area (Å²) in [5.41, 5.74) is 1.61. The zero-order valence-corrected chi connectivity index (χ0v) is 13.8. The number of hydrogen-bond acceptors (Lipinski definition) is 2. The fourth-order valence-corrected chi connectivity index (χ4v) is 2.41. The third-order valence-electron chi connectivity index (χ3n) is 3.65. The number of methoxy groups -OCH3 is 1. The van der Waals surface area contributed by atoms with E-state index in [1.165, 1.54) is 12.0 Å². The molecule has 2 heteroatoms. The zero-order valence-electron chi connectivity index (χ0n) is 13.8. The van der Waals surface area contributed by atoms with Gasteiger partial charge in [0, 0.05) is 25.8 Å². The van der Waals surface area contributed by atoms with E-state index in [9.17, 15) is 0 Å². The van der Waals surface area contributed by atoms with Crippen molar-refractivity contribution in [3.63, 3.8) is 0 Å². The lowest BCUT2D eigenvalue weighted by molar-refractivity contribution is 0.176. The minimum atomic E-state index is 0.169. The summed E-state index contributed by atoms with van der Waals surface area (Å²) in [5, 5.41) is 3.65. The minimum Gasteiger partial charge on any atom is -0.385 e. The second kappa shape index (κ2) is 8.43. The van der Waals surface area contributed by atoms with Crippen LogP contribution in [0.2, 0.25) is 0 Å². The Morgan fingerprint density at radius 1 is 1.15 bits per heavy atom. The smallest absolute Gasteiger partial charge is 0.0464 e. The molecule has 114 valence electrons. The van der Waals surface area contributed by atoms with Crippen molar-refractivity contribution in [1.82, 2.24) is 5.32 Å². The number of benzene rings is 1. The molecule has 0 spiro atoms. The normalized spacial score (nSPS) is 15.1. The fourth-order valence-electron chi connectivity index (χ4n) is 2.41. The van der Waals surface area contributed by atoms with E-state index >= 15 is 0 Å². The third kappa shape index (κ3) is 7.06. The zero-order chi connectivity index (χ0) is 15.0. The molecule has 0 saturated heterocycles. The average Bonchev–Trinajstić information content (AvgIpc) is 2.41. The van der Waals surface area contributed by atoms with Crippen LogP contribution in [0.25, 0.3) is 0 Å². The van der Waals surface area contributed by atoms with E-state index in [4.69, 9.17) is 4.74 Å². The van der Waals surface area contributed by atoms with Gasteiger partial charge in [0.15, 0.2) is 0 Å². The Kier molecular flexibility index (Phi) is 7.25. The summed E-state index contributed by atoms with van der Waals surface area (Å²) in [6.07, 6.45) is 2.34. The lowest BCUT2D eigenvalue weighted by Gasteiger charge is -2.27. The van der Waals surface area contributed by atoms with E-state index in [2.05, 4.69) is 63.3 Å². The maximum absolute atomic E-state index is 5.20. The number of hydrogen-bond donors (Lipinski definition) is 1. The van der Waals surface area contributed by atoms with Crippen molar-refractivity contribution in [2.75, 3.05) is 20.3 Å². The van der Waals surface area contributed by atoms with Gasteiger partial charge in [-0.2, -0.15) is 0 Å². The first kappa shape index (κ1) is 17.2. The molecule has 1 aromatic rings. The standard InChI is InChI=1S/C18H31NO/c1-15(11-12-20-5)13-17(14-19-18(2,3)4)16-9-7-6-8-10-16/h6-10,15,17,19H,11-14H2,1-5H3. The Balaban J connectivity index is 2.64. The molecular formula is C18H31NO. The van der Waals surface area contributed by atoms with Gasteiger partial charge in [0.2, 0.25) is 0 Å². The molecule has 2 unspecified atom stereocenters.